The highest BCUT2D eigenvalue weighted by Crippen LogP contribution is 2.18. The summed E-state index contributed by atoms with van der Waals surface area (Å²) in [6.45, 7) is 4.12. The summed E-state index contributed by atoms with van der Waals surface area (Å²) in [6, 6.07) is 10.5. The second kappa shape index (κ2) is 7.38. The number of hydrogen-bond acceptors (Lipinski definition) is 3. The molecule has 0 amide bonds. The number of furan rings is 1. The zero-order valence-corrected chi connectivity index (χ0v) is 12.4. The molecule has 0 aliphatic carbocycles. The van der Waals surface area contributed by atoms with Crippen molar-refractivity contribution in [2.45, 2.75) is 44.9 Å². The zero-order chi connectivity index (χ0) is 15.2. The first-order chi connectivity index (χ1) is 10.0. The van der Waals surface area contributed by atoms with Crippen LogP contribution in [-0.4, -0.2) is 17.2 Å². The predicted octanol–water partition coefficient (Wildman–Crippen LogP) is 3.45. The van der Waals surface area contributed by atoms with Crippen LogP contribution in [0.25, 0.3) is 0 Å². The number of nitrogens with one attached hydrogen (secondary N) is 1. The van der Waals surface area contributed by atoms with Gasteiger partial charge in [-0.1, -0.05) is 12.1 Å². The largest absolute Gasteiger partial charge is 0.467 e. The van der Waals surface area contributed by atoms with Crippen molar-refractivity contribution in [3.8, 4) is 0 Å². The lowest BCUT2D eigenvalue weighted by molar-refractivity contribution is 0.127. The van der Waals surface area contributed by atoms with Crippen LogP contribution in [0.2, 0.25) is 0 Å². The smallest absolute Gasteiger partial charge is 0.132 e. The molecule has 0 spiro atoms. The van der Waals surface area contributed by atoms with Crippen LogP contribution in [0.4, 0.5) is 4.39 Å². The lowest BCUT2D eigenvalue weighted by atomic mass is 10.0. The number of halogens is 1. The lowest BCUT2D eigenvalue weighted by Gasteiger charge is -2.21. The molecule has 2 rings (SSSR count). The standard InChI is InChI=1S/C17H22FNO2/c1-12(10-14-5-7-15(18)8-6-14)19-13(2)11-16(20)17-4-3-9-21-17/h3-9,12-13,16,19-20H,10-11H2,1-2H3. The Hall–Kier alpha value is -1.65. The first-order valence-electron chi connectivity index (χ1n) is 7.26. The van der Waals surface area contributed by atoms with Gasteiger partial charge < -0.3 is 14.8 Å². The third-order valence-corrected chi connectivity index (χ3v) is 3.47. The average molecular weight is 291 g/mol. The van der Waals surface area contributed by atoms with Crippen molar-refractivity contribution < 1.29 is 13.9 Å². The number of benzene rings is 1. The molecular formula is C17H22FNO2. The summed E-state index contributed by atoms with van der Waals surface area (Å²) in [7, 11) is 0. The Kier molecular flexibility index (Phi) is 5.53. The Labute approximate surface area is 124 Å². The van der Waals surface area contributed by atoms with Gasteiger partial charge in [0.15, 0.2) is 0 Å². The summed E-state index contributed by atoms with van der Waals surface area (Å²) >= 11 is 0. The maximum Gasteiger partial charge on any atom is 0.132 e. The SMILES string of the molecule is CC(Cc1ccc(F)cc1)NC(C)CC(O)c1ccco1. The summed E-state index contributed by atoms with van der Waals surface area (Å²) in [5.41, 5.74) is 1.09. The molecular weight excluding hydrogens is 269 g/mol. The van der Waals surface area contributed by atoms with Crippen molar-refractivity contribution in [1.82, 2.24) is 5.32 Å². The fraction of sp³-hybridized carbons (Fsp3) is 0.412. The Morgan fingerprint density at radius 3 is 2.48 bits per heavy atom. The van der Waals surface area contributed by atoms with Gasteiger partial charge in [-0.25, -0.2) is 4.39 Å². The number of hydrogen-bond donors (Lipinski definition) is 2. The minimum atomic E-state index is -0.597. The summed E-state index contributed by atoms with van der Waals surface area (Å²) < 4.78 is 18.1. The molecule has 1 aromatic carbocycles. The number of aliphatic hydroxyl groups excluding tert-OH is 1. The van der Waals surface area contributed by atoms with Crippen LogP contribution in [0.1, 0.15) is 37.7 Å². The van der Waals surface area contributed by atoms with Crippen LogP contribution >= 0.6 is 0 Å². The summed E-state index contributed by atoms with van der Waals surface area (Å²) in [6.07, 6.45) is 2.37. The topological polar surface area (TPSA) is 45.4 Å². The molecule has 0 aliphatic rings. The van der Waals surface area contributed by atoms with Gasteiger partial charge in [0.2, 0.25) is 0 Å². The van der Waals surface area contributed by atoms with Gasteiger partial charge in [0.05, 0.1) is 6.26 Å². The molecule has 1 aromatic heterocycles. The van der Waals surface area contributed by atoms with E-state index in [0.717, 1.165) is 12.0 Å². The van der Waals surface area contributed by atoms with Gasteiger partial charge >= 0.3 is 0 Å². The molecule has 3 unspecified atom stereocenters. The van der Waals surface area contributed by atoms with Gasteiger partial charge in [-0.3, -0.25) is 0 Å². The Balaban J connectivity index is 1.79. The Morgan fingerprint density at radius 1 is 1.14 bits per heavy atom. The number of aliphatic hydroxyl groups is 1. The van der Waals surface area contributed by atoms with Crippen LogP contribution in [0.5, 0.6) is 0 Å². The van der Waals surface area contributed by atoms with Crippen molar-refractivity contribution in [2.75, 3.05) is 0 Å². The van der Waals surface area contributed by atoms with Gasteiger partial charge in [-0.2, -0.15) is 0 Å². The maximum atomic E-state index is 12.9. The van der Waals surface area contributed by atoms with Gasteiger partial charge in [0.1, 0.15) is 17.7 Å². The van der Waals surface area contributed by atoms with E-state index in [1.165, 1.54) is 12.1 Å². The fourth-order valence-corrected chi connectivity index (χ4v) is 2.52. The van der Waals surface area contributed by atoms with Crippen molar-refractivity contribution in [3.05, 3.63) is 59.8 Å². The van der Waals surface area contributed by atoms with Gasteiger partial charge in [0, 0.05) is 12.1 Å². The molecule has 0 fully saturated rings. The minimum Gasteiger partial charge on any atom is -0.467 e. The van der Waals surface area contributed by atoms with Crippen LogP contribution < -0.4 is 5.32 Å². The van der Waals surface area contributed by atoms with Crippen LogP contribution in [0.15, 0.2) is 47.1 Å². The van der Waals surface area contributed by atoms with Crippen molar-refractivity contribution >= 4 is 0 Å². The fourth-order valence-electron chi connectivity index (χ4n) is 2.52. The van der Waals surface area contributed by atoms with Gasteiger partial charge in [-0.05, 0) is 56.5 Å². The highest BCUT2D eigenvalue weighted by Gasteiger charge is 2.16. The van der Waals surface area contributed by atoms with E-state index in [1.807, 2.05) is 6.92 Å². The predicted molar refractivity (Wildman–Crippen MR) is 80.4 cm³/mol. The van der Waals surface area contributed by atoms with E-state index in [0.29, 0.717) is 12.2 Å². The second-order valence-corrected chi connectivity index (χ2v) is 5.57. The van der Waals surface area contributed by atoms with Crippen LogP contribution in [0.3, 0.4) is 0 Å². The summed E-state index contributed by atoms with van der Waals surface area (Å²) in [5.74, 6) is 0.379. The van der Waals surface area contributed by atoms with Crippen molar-refractivity contribution in [1.29, 1.82) is 0 Å². The molecule has 0 saturated heterocycles. The first kappa shape index (κ1) is 15.7. The van der Waals surface area contributed by atoms with E-state index in [4.69, 9.17) is 4.42 Å². The molecule has 3 nitrogen and oxygen atoms in total. The van der Waals surface area contributed by atoms with Crippen LogP contribution in [-0.2, 0) is 6.42 Å². The molecule has 0 aliphatic heterocycles. The zero-order valence-electron chi connectivity index (χ0n) is 12.4. The molecule has 2 aromatic rings. The van der Waals surface area contributed by atoms with Crippen molar-refractivity contribution in [3.63, 3.8) is 0 Å². The molecule has 0 bridgehead atoms. The summed E-state index contributed by atoms with van der Waals surface area (Å²) in [4.78, 5) is 0. The van der Waals surface area contributed by atoms with E-state index >= 15 is 0 Å². The van der Waals surface area contributed by atoms with E-state index < -0.39 is 6.10 Å². The van der Waals surface area contributed by atoms with E-state index in [-0.39, 0.29) is 17.9 Å². The lowest BCUT2D eigenvalue weighted by Crippen LogP contribution is -2.36. The quantitative estimate of drug-likeness (QED) is 0.821. The first-order valence-corrected chi connectivity index (χ1v) is 7.26. The Bertz CT molecular complexity index is 524. The third kappa shape index (κ3) is 4.99. The number of rotatable bonds is 7. The van der Waals surface area contributed by atoms with E-state index in [9.17, 15) is 9.50 Å². The molecule has 0 radical (unpaired) electrons. The maximum absolute atomic E-state index is 12.9. The molecule has 114 valence electrons. The highest BCUT2D eigenvalue weighted by atomic mass is 19.1. The molecule has 1 heterocycles. The normalized spacial score (nSPS) is 15.6. The van der Waals surface area contributed by atoms with Gasteiger partial charge in [-0.15, -0.1) is 0 Å². The highest BCUT2D eigenvalue weighted by molar-refractivity contribution is 5.17. The molecule has 3 atom stereocenters. The van der Waals surface area contributed by atoms with Crippen molar-refractivity contribution in [2.24, 2.45) is 0 Å². The molecule has 21 heavy (non-hydrogen) atoms. The minimum absolute atomic E-state index is 0.153. The second-order valence-electron chi connectivity index (χ2n) is 5.57. The van der Waals surface area contributed by atoms with Gasteiger partial charge in [0.25, 0.3) is 0 Å². The summed E-state index contributed by atoms with van der Waals surface area (Å²) in [5, 5.41) is 13.5. The third-order valence-electron chi connectivity index (χ3n) is 3.47. The molecule has 2 N–H and O–H groups in total. The average Bonchev–Trinajstić information content (AvgIpc) is 2.95. The van der Waals surface area contributed by atoms with Crippen LogP contribution in [0, 0.1) is 5.82 Å². The molecule has 0 saturated carbocycles. The van der Waals surface area contributed by atoms with E-state index in [2.05, 4.69) is 12.2 Å². The Morgan fingerprint density at radius 2 is 1.86 bits per heavy atom. The van der Waals surface area contributed by atoms with E-state index in [1.54, 1.807) is 30.5 Å². The molecule has 4 heteroatoms. The monoisotopic (exact) mass is 291 g/mol.